The van der Waals surface area contributed by atoms with Crippen LogP contribution < -0.4 is 20.3 Å². The molecule has 6 heteroatoms. The summed E-state index contributed by atoms with van der Waals surface area (Å²) in [5, 5.41) is 10.5. The minimum atomic E-state index is 0.486. The van der Waals surface area contributed by atoms with Gasteiger partial charge in [-0.3, -0.25) is 4.99 Å². The van der Waals surface area contributed by atoms with E-state index in [1.807, 2.05) is 23.5 Å². The number of benzene rings is 1. The van der Waals surface area contributed by atoms with Crippen LogP contribution in [0.3, 0.4) is 0 Å². The lowest BCUT2D eigenvalue weighted by atomic mass is 10.1. The molecule has 1 aromatic carbocycles. The van der Waals surface area contributed by atoms with Gasteiger partial charge in [-0.05, 0) is 61.4 Å². The van der Waals surface area contributed by atoms with Crippen molar-refractivity contribution in [2.24, 2.45) is 4.99 Å². The molecule has 1 aromatic heterocycles. The molecule has 146 valence electrons. The van der Waals surface area contributed by atoms with Crippen molar-refractivity contribution in [1.29, 1.82) is 0 Å². The van der Waals surface area contributed by atoms with Crippen LogP contribution >= 0.6 is 11.3 Å². The van der Waals surface area contributed by atoms with Crippen molar-refractivity contribution in [3.05, 3.63) is 47.3 Å². The zero-order valence-corrected chi connectivity index (χ0v) is 17.1. The van der Waals surface area contributed by atoms with Gasteiger partial charge in [0.2, 0.25) is 0 Å². The van der Waals surface area contributed by atoms with Gasteiger partial charge in [0.25, 0.3) is 0 Å². The number of anilines is 1. The Kier molecular flexibility index (Phi) is 7.39. The van der Waals surface area contributed by atoms with Crippen molar-refractivity contribution in [2.75, 3.05) is 38.2 Å². The Labute approximate surface area is 166 Å². The fourth-order valence-corrected chi connectivity index (χ4v) is 4.08. The van der Waals surface area contributed by atoms with E-state index in [0.29, 0.717) is 6.04 Å². The van der Waals surface area contributed by atoms with Crippen molar-refractivity contribution in [2.45, 2.75) is 32.2 Å². The molecule has 2 aromatic rings. The molecule has 5 nitrogen and oxygen atoms in total. The van der Waals surface area contributed by atoms with Gasteiger partial charge < -0.3 is 20.3 Å². The van der Waals surface area contributed by atoms with Gasteiger partial charge in [0.15, 0.2) is 5.96 Å². The number of hydrogen-bond acceptors (Lipinski definition) is 4. The summed E-state index contributed by atoms with van der Waals surface area (Å²) in [6.07, 6.45) is 3.21. The SMILES string of the molecule is CCNC(=NCCc1ccc(OC)cc1)NC1CCN(c2cccs2)CC1. The zero-order chi connectivity index (χ0) is 18.9. The van der Waals surface area contributed by atoms with Crippen LogP contribution in [-0.4, -0.2) is 45.3 Å². The quantitative estimate of drug-likeness (QED) is 0.565. The minimum Gasteiger partial charge on any atom is -0.497 e. The van der Waals surface area contributed by atoms with Gasteiger partial charge in [0.05, 0.1) is 12.1 Å². The third kappa shape index (κ3) is 5.89. The van der Waals surface area contributed by atoms with Crippen molar-refractivity contribution in [3.63, 3.8) is 0 Å². The monoisotopic (exact) mass is 386 g/mol. The van der Waals surface area contributed by atoms with E-state index in [1.165, 1.54) is 10.6 Å². The predicted octanol–water partition coefficient (Wildman–Crippen LogP) is 3.52. The summed E-state index contributed by atoms with van der Waals surface area (Å²) in [4.78, 5) is 7.25. The highest BCUT2D eigenvalue weighted by molar-refractivity contribution is 7.14. The average molecular weight is 387 g/mol. The molecule has 27 heavy (non-hydrogen) atoms. The van der Waals surface area contributed by atoms with Crippen LogP contribution in [0.2, 0.25) is 0 Å². The molecule has 1 saturated heterocycles. The summed E-state index contributed by atoms with van der Waals surface area (Å²) in [6.45, 7) is 5.96. The third-order valence-electron chi connectivity index (χ3n) is 4.83. The van der Waals surface area contributed by atoms with Gasteiger partial charge in [0.1, 0.15) is 5.75 Å². The summed E-state index contributed by atoms with van der Waals surface area (Å²) in [5.74, 6) is 1.83. The second-order valence-corrected chi connectivity index (χ2v) is 7.64. The van der Waals surface area contributed by atoms with Crippen LogP contribution in [0.25, 0.3) is 0 Å². The number of hydrogen-bond donors (Lipinski definition) is 2. The largest absolute Gasteiger partial charge is 0.497 e. The smallest absolute Gasteiger partial charge is 0.191 e. The molecule has 0 aliphatic carbocycles. The van der Waals surface area contributed by atoms with Crippen LogP contribution in [0.5, 0.6) is 5.75 Å². The fourth-order valence-electron chi connectivity index (χ4n) is 3.30. The number of methoxy groups -OCH3 is 1. The fraction of sp³-hybridized carbons (Fsp3) is 0.476. The Balaban J connectivity index is 1.47. The topological polar surface area (TPSA) is 48.9 Å². The first kappa shape index (κ1) is 19.5. The number of ether oxygens (including phenoxy) is 1. The minimum absolute atomic E-state index is 0.486. The highest BCUT2D eigenvalue weighted by atomic mass is 32.1. The van der Waals surface area contributed by atoms with Crippen LogP contribution in [-0.2, 0) is 6.42 Å². The Morgan fingerprint density at radius 2 is 2.00 bits per heavy atom. The van der Waals surface area contributed by atoms with Gasteiger partial charge in [-0.25, -0.2) is 0 Å². The number of guanidine groups is 1. The number of piperidine rings is 1. The highest BCUT2D eigenvalue weighted by Gasteiger charge is 2.20. The molecule has 3 rings (SSSR count). The molecular formula is C21H30N4OS. The van der Waals surface area contributed by atoms with E-state index in [2.05, 4.69) is 52.1 Å². The molecule has 0 amide bonds. The normalized spacial score (nSPS) is 15.6. The molecule has 0 atom stereocenters. The van der Waals surface area contributed by atoms with Crippen LogP contribution in [0, 0.1) is 0 Å². The molecule has 0 saturated carbocycles. The number of nitrogens with zero attached hydrogens (tertiary/aromatic N) is 2. The Bertz CT molecular complexity index is 691. The second kappa shape index (κ2) is 10.2. The van der Waals surface area contributed by atoms with Gasteiger partial charge in [-0.15, -0.1) is 11.3 Å². The van der Waals surface area contributed by atoms with Gasteiger partial charge in [-0.2, -0.15) is 0 Å². The van der Waals surface area contributed by atoms with Crippen LogP contribution in [0.15, 0.2) is 46.8 Å². The highest BCUT2D eigenvalue weighted by Crippen LogP contribution is 2.24. The van der Waals surface area contributed by atoms with E-state index >= 15 is 0 Å². The first-order chi connectivity index (χ1) is 13.3. The summed E-state index contributed by atoms with van der Waals surface area (Å²) in [5.41, 5.74) is 1.28. The first-order valence-corrected chi connectivity index (χ1v) is 10.6. The van der Waals surface area contributed by atoms with E-state index < -0.39 is 0 Å². The number of rotatable bonds is 7. The summed E-state index contributed by atoms with van der Waals surface area (Å²) >= 11 is 1.83. The Morgan fingerprint density at radius 1 is 1.22 bits per heavy atom. The second-order valence-electron chi connectivity index (χ2n) is 6.72. The summed E-state index contributed by atoms with van der Waals surface area (Å²) in [7, 11) is 1.69. The van der Waals surface area contributed by atoms with Gasteiger partial charge in [0, 0.05) is 32.2 Å². The Morgan fingerprint density at radius 3 is 2.63 bits per heavy atom. The maximum Gasteiger partial charge on any atom is 0.191 e. The first-order valence-electron chi connectivity index (χ1n) is 9.74. The zero-order valence-electron chi connectivity index (χ0n) is 16.3. The summed E-state index contributed by atoms with van der Waals surface area (Å²) < 4.78 is 5.21. The number of thiophene rings is 1. The van der Waals surface area contributed by atoms with E-state index in [9.17, 15) is 0 Å². The Hall–Kier alpha value is -2.21. The van der Waals surface area contributed by atoms with Crippen molar-refractivity contribution in [1.82, 2.24) is 10.6 Å². The lowest BCUT2D eigenvalue weighted by Crippen LogP contribution is -2.48. The van der Waals surface area contributed by atoms with E-state index in [1.54, 1.807) is 7.11 Å². The molecule has 1 fully saturated rings. The maximum absolute atomic E-state index is 5.21. The standard InChI is InChI=1S/C21H30N4OS/c1-3-22-21(23-13-10-17-6-8-19(26-2)9-7-17)24-18-11-14-25(15-12-18)20-5-4-16-27-20/h4-9,16,18H,3,10-15H2,1-2H3,(H2,22,23,24). The lowest BCUT2D eigenvalue weighted by Gasteiger charge is -2.33. The predicted molar refractivity (Wildman–Crippen MR) is 115 cm³/mol. The molecule has 0 radical (unpaired) electrons. The van der Waals surface area contributed by atoms with Gasteiger partial charge in [-0.1, -0.05) is 12.1 Å². The lowest BCUT2D eigenvalue weighted by molar-refractivity contribution is 0.414. The molecule has 2 N–H and O–H groups in total. The molecule has 0 spiro atoms. The number of aliphatic imine (C=N–C) groups is 1. The van der Waals surface area contributed by atoms with E-state index in [-0.39, 0.29) is 0 Å². The molecule has 2 heterocycles. The summed E-state index contributed by atoms with van der Waals surface area (Å²) in [6, 6.07) is 13.0. The van der Waals surface area contributed by atoms with Gasteiger partial charge >= 0.3 is 0 Å². The van der Waals surface area contributed by atoms with Crippen molar-refractivity contribution in [3.8, 4) is 5.75 Å². The van der Waals surface area contributed by atoms with Crippen LogP contribution in [0.4, 0.5) is 5.00 Å². The van der Waals surface area contributed by atoms with Crippen molar-refractivity contribution < 1.29 is 4.74 Å². The molecule has 1 aliphatic rings. The van der Waals surface area contributed by atoms with Crippen LogP contribution in [0.1, 0.15) is 25.3 Å². The average Bonchev–Trinajstić information content (AvgIpc) is 3.24. The molecule has 1 aliphatic heterocycles. The number of nitrogens with one attached hydrogen (secondary N) is 2. The van der Waals surface area contributed by atoms with E-state index in [0.717, 1.165) is 57.2 Å². The molecular weight excluding hydrogens is 356 g/mol. The maximum atomic E-state index is 5.21. The molecule has 0 bridgehead atoms. The van der Waals surface area contributed by atoms with E-state index in [4.69, 9.17) is 9.73 Å². The van der Waals surface area contributed by atoms with Crippen molar-refractivity contribution >= 4 is 22.3 Å². The third-order valence-corrected chi connectivity index (χ3v) is 5.76. The molecule has 0 unspecified atom stereocenters.